The van der Waals surface area contributed by atoms with Gasteiger partial charge in [0.25, 0.3) is 0 Å². The van der Waals surface area contributed by atoms with Crippen LogP contribution in [0.1, 0.15) is 57.0 Å². The van der Waals surface area contributed by atoms with Gasteiger partial charge < -0.3 is 4.74 Å². The Labute approximate surface area is 343 Å². The Morgan fingerprint density at radius 3 is 0.825 bits per heavy atom. The van der Waals surface area contributed by atoms with Crippen LogP contribution in [0.3, 0.4) is 0 Å². The van der Waals surface area contributed by atoms with E-state index in [1.807, 2.05) is 72.8 Å². The average Bonchev–Trinajstić information content (AvgIpc) is 3.28. The fourth-order valence-electron chi connectivity index (χ4n) is 6.32. The molecule has 1 heteroatoms. The van der Waals surface area contributed by atoms with E-state index in [4.69, 9.17) is 4.74 Å². The molecule has 8 aromatic rings. The van der Waals surface area contributed by atoms with E-state index in [1.165, 1.54) is 50.1 Å². The van der Waals surface area contributed by atoms with Crippen molar-refractivity contribution in [3.63, 3.8) is 0 Å². The summed E-state index contributed by atoms with van der Waals surface area (Å²) in [6.07, 6.45) is 1.14. The second-order valence-corrected chi connectivity index (χ2v) is 13.9. The van der Waals surface area contributed by atoms with Crippen LogP contribution in [-0.2, 0) is 11.8 Å². The summed E-state index contributed by atoms with van der Waals surface area (Å²) in [6.45, 7) is 10.6. The summed E-state index contributed by atoms with van der Waals surface area (Å²) < 4.78 is 4.91. The second-order valence-electron chi connectivity index (χ2n) is 13.9. The topological polar surface area (TPSA) is 9.23 Å². The zero-order valence-corrected chi connectivity index (χ0v) is 34.6. The summed E-state index contributed by atoms with van der Waals surface area (Å²) >= 11 is 0. The normalized spacial score (nSPS) is 10.0. The quantitative estimate of drug-likeness (QED) is 0.154. The maximum absolute atomic E-state index is 4.91. The van der Waals surface area contributed by atoms with Crippen molar-refractivity contribution in [3.05, 3.63) is 281 Å². The lowest BCUT2D eigenvalue weighted by atomic mass is 9.65. The minimum absolute atomic E-state index is 0.343. The zero-order chi connectivity index (χ0) is 40.6. The highest BCUT2D eigenvalue weighted by Gasteiger charge is 2.38. The van der Waals surface area contributed by atoms with Crippen LogP contribution in [0.4, 0.5) is 0 Å². The van der Waals surface area contributed by atoms with Crippen molar-refractivity contribution in [1.82, 2.24) is 0 Å². The molecule has 0 amide bonds. The Hall–Kier alpha value is -6.44. The van der Waals surface area contributed by atoms with E-state index >= 15 is 0 Å². The number of benzene rings is 8. The molecule has 0 saturated carbocycles. The molecule has 8 rings (SSSR count). The van der Waals surface area contributed by atoms with Gasteiger partial charge in [-0.1, -0.05) is 248 Å². The number of hydrogen-bond donors (Lipinski definition) is 0. The molecule has 0 fully saturated rings. The van der Waals surface area contributed by atoms with Crippen LogP contribution in [0.25, 0.3) is 0 Å². The molecule has 0 saturated heterocycles. The van der Waals surface area contributed by atoms with Crippen molar-refractivity contribution < 1.29 is 4.74 Å². The predicted octanol–water partition coefficient (Wildman–Crippen LogP) is 14.6. The summed E-state index contributed by atoms with van der Waals surface area (Å²) in [5.74, 6) is 0.910. The van der Waals surface area contributed by atoms with Gasteiger partial charge in [0.05, 0.1) is 12.5 Å². The van der Waals surface area contributed by atoms with Gasteiger partial charge in [0.2, 0.25) is 0 Å². The van der Waals surface area contributed by atoms with Crippen molar-refractivity contribution in [2.75, 3.05) is 7.11 Å². The summed E-state index contributed by atoms with van der Waals surface area (Å²) in [5.41, 5.74) is 11.4. The molecule has 0 aromatic heterocycles. The van der Waals surface area contributed by atoms with Gasteiger partial charge in [-0.05, 0) is 74.1 Å². The van der Waals surface area contributed by atoms with E-state index in [1.54, 1.807) is 7.11 Å². The van der Waals surface area contributed by atoms with E-state index in [2.05, 4.69) is 192 Å². The van der Waals surface area contributed by atoms with Crippen molar-refractivity contribution in [3.8, 4) is 5.75 Å². The SMILES string of the molecule is CCc1ccccc1.COc1ccccc1.Cc1ccc(C(c2ccccc2)(c2ccccc2)c2ccc(C)cc2)cc1.Cc1ccccc1.Cc1ccccc1. The molecule has 0 spiro atoms. The summed E-state index contributed by atoms with van der Waals surface area (Å²) in [7, 11) is 1.66. The first kappa shape index (κ1) is 43.3. The van der Waals surface area contributed by atoms with Gasteiger partial charge in [-0.25, -0.2) is 0 Å². The molecule has 0 unspecified atom stereocenters. The monoisotopic (exact) mass is 746 g/mol. The van der Waals surface area contributed by atoms with Gasteiger partial charge in [-0.15, -0.1) is 0 Å². The fourth-order valence-corrected chi connectivity index (χ4v) is 6.32. The highest BCUT2D eigenvalue weighted by atomic mass is 16.5. The number of para-hydroxylation sites is 1. The van der Waals surface area contributed by atoms with E-state index in [-0.39, 0.29) is 5.41 Å². The maximum Gasteiger partial charge on any atom is 0.118 e. The largest absolute Gasteiger partial charge is 0.497 e. The van der Waals surface area contributed by atoms with Gasteiger partial charge in [-0.3, -0.25) is 0 Å². The lowest BCUT2D eigenvalue weighted by Gasteiger charge is -2.37. The van der Waals surface area contributed by atoms with Crippen LogP contribution in [0.5, 0.6) is 5.75 Å². The molecule has 57 heavy (non-hydrogen) atoms. The first-order valence-electron chi connectivity index (χ1n) is 19.8. The number of hydrogen-bond acceptors (Lipinski definition) is 1. The third-order valence-electron chi connectivity index (χ3n) is 9.49. The molecular weight excluding hydrogens is 689 g/mol. The number of methoxy groups -OCH3 is 1. The second kappa shape index (κ2) is 24.2. The Kier molecular flexibility index (Phi) is 18.3. The molecule has 0 aliphatic heterocycles. The fraction of sp³-hybridized carbons (Fsp3) is 0.143. The summed E-state index contributed by atoms with van der Waals surface area (Å²) in [6, 6.07) is 80.3. The molecule has 0 aliphatic carbocycles. The van der Waals surface area contributed by atoms with Gasteiger partial charge >= 0.3 is 0 Å². The van der Waals surface area contributed by atoms with Crippen LogP contribution < -0.4 is 4.74 Å². The van der Waals surface area contributed by atoms with Crippen molar-refractivity contribution >= 4 is 0 Å². The van der Waals surface area contributed by atoms with Crippen LogP contribution in [0.2, 0.25) is 0 Å². The van der Waals surface area contributed by atoms with E-state index in [0.717, 1.165) is 12.2 Å². The van der Waals surface area contributed by atoms with Gasteiger partial charge in [0, 0.05) is 0 Å². The average molecular weight is 747 g/mol. The molecule has 0 atom stereocenters. The number of ether oxygens (including phenoxy) is 1. The molecule has 0 aliphatic rings. The molecular formula is C56H58O. The van der Waals surface area contributed by atoms with E-state index in [9.17, 15) is 0 Å². The Morgan fingerprint density at radius 2 is 0.579 bits per heavy atom. The molecule has 0 N–H and O–H groups in total. The smallest absolute Gasteiger partial charge is 0.118 e. The predicted molar refractivity (Wildman–Crippen MR) is 245 cm³/mol. The molecule has 0 radical (unpaired) electrons. The number of rotatable bonds is 6. The van der Waals surface area contributed by atoms with Crippen molar-refractivity contribution in [2.24, 2.45) is 0 Å². The Morgan fingerprint density at radius 1 is 0.316 bits per heavy atom. The van der Waals surface area contributed by atoms with Crippen molar-refractivity contribution in [2.45, 2.75) is 46.5 Å². The van der Waals surface area contributed by atoms with Crippen LogP contribution in [0.15, 0.2) is 231 Å². The van der Waals surface area contributed by atoms with Crippen LogP contribution in [0, 0.1) is 27.7 Å². The van der Waals surface area contributed by atoms with E-state index < -0.39 is 0 Å². The molecule has 0 heterocycles. The van der Waals surface area contributed by atoms with Gasteiger partial charge in [-0.2, -0.15) is 0 Å². The molecule has 0 bridgehead atoms. The van der Waals surface area contributed by atoms with Gasteiger partial charge in [0.1, 0.15) is 5.75 Å². The first-order valence-corrected chi connectivity index (χ1v) is 19.8. The molecule has 8 aromatic carbocycles. The van der Waals surface area contributed by atoms with Crippen molar-refractivity contribution in [1.29, 1.82) is 0 Å². The third kappa shape index (κ3) is 14.0. The maximum atomic E-state index is 4.91. The molecule has 288 valence electrons. The first-order chi connectivity index (χ1) is 27.9. The third-order valence-corrected chi connectivity index (χ3v) is 9.49. The zero-order valence-electron chi connectivity index (χ0n) is 34.6. The number of aryl methyl sites for hydroxylation is 5. The summed E-state index contributed by atoms with van der Waals surface area (Å²) in [4.78, 5) is 0. The molecule has 1 nitrogen and oxygen atoms in total. The van der Waals surface area contributed by atoms with Gasteiger partial charge in [0.15, 0.2) is 0 Å². The van der Waals surface area contributed by atoms with Crippen LogP contribution >= 0.6 is 0 Å². The van der Waals surface area contributed by atoms with E-state index in [0.29, 0.717) is 0 Å². The lowest BCUT2D eigenvalue weighted by molar-refractivity contribution is 0.415. The van der Waals surface area contributed by atoms with Crippen LogP contribution in [-0.4, -0.2) is 7.11 Å². The minimum atomic E-state index is -0.343. The summed E-state index contributed by atoms with van der Waals surface area (Å²) in [5, 5.41) is 0. The Balaban J connectivity index is 0.000000193. The minimum Gasteiger partial charge on any atom is -0.497 e. The standard InChI is InChI=1S/C27H24.C8H10.C7H8O.2C7H8/c1-21-13-17-25(18-14-21)27(23-9-5-3-6-10-23,24-11-7-4-8-12-24)26-19-15-22(2)16-20-26;1-2-8-6-4-3-5-7-8;1-8-7-5-3-2-4-6-7;2*1-7-5-3-2-4-6-7/h3-20H,1-2H3;3-7H,2H2,1H3;2-6H,1H3;2*2-6H,1H3. The Bertz CT molecular complexity index is 2020. The highest BCUT2D eigenvalue weighted by molar-refractivity contribution is 5.60. The lowest BCUT2D eigenvalue weighted by Crippen LogP contribution is -2.31. The highest BCUT2D eigenvalue weighted by Crippen LogP contribution is 2.45.